The van der Waals surface area contributed by atoms with Gasteiger partial charge >= 0.3 is 0 Å². The lowest BCUT2D eigenvalue weighted by Crippen LogP contribution is -2.02. The van der Waals surface area contributed by atoms with Gasteiger partial charge in [0, 0.05) is 0 Å². The fourth-order valence-electron chi connectivity index (χ4n) is 1.68. The van der Waals surface area contributed by atoms with Crippen LogP contribution < -0.4 is 0 Å². The Kier molecular flexibility index (Phi) is 1.39. The molecule has 0 aromatic carbocycles. The van der Waals surface area contributed by atoms with Crippen molar-refractivity contribution in [3.8, 4) is 12.3 Å². The molecular formula is C11H12. The summed E-state index contributed by atoms with van der Waals surface area (Å²) in [6.45, 7) is 0. The van der Waals surface area contributed by atoms with Crippen molar-refractivity contribution in [2.75, 3.05) is 0 Å². The second-order valence-corrected chi connectivity index (χ2v) is 3.39. The molecule has 0 aromatic rings. The number of hydrogen-bond donors (Lipinski definition) is 0. The monoisotopic (exact) mass is 144 g/mol. The van der Waals surface area contributed by atoms with E-state index in [9.17, 15) is 0 Å². The summed E-state index contributed by atoms with van der Waals surface area (Å²) in [6.07, 6.45) is 16.8. The minimum absolute atomic E-state index is 0.199. The predicted octanol–water partition coefficient (Wildman–Crippen LogP) is 2.68. The molecule has 0 saturated heterocycles. The van der Waals surface area contributed by atoms with E-state index < -0.39 is 0 Å². The average Bonchev–Trinajstić information content (AvgIpc) is 2.86. The van der Waals surface area contributed by atoms with Gasteiger partial charge in [0.2, 0.25) is 0 Å². The van der Waals surface area contributed by atoms with Gasteiger partial charge in [-0.1, -0.05) is 29.7 Å². The van der Waals surface area contributed by atoms with Crippen molar-refractivity contribution < 1.29 is 0 Å². The van der Waals surface area contributed by atoms with Crippen LogP contribution >= 0.6 is 0 Å². The van der Waals surface area contributed by atoms with E-state index >= 15 is 0 Å². The normalized spacial score (nSPS) is 25.5. The minimum Gasteiger partial charge on any atom is -0.119 e. The fraction of sp³-hybridized carbons (Fsp3) is 0.455. The molecule has 2 aliphatic rings. The standard InChI is InChI=1S/C11H12/c1-2-11(8-9-11)10-6-4-3-5-7-10/h1,3-4,6H,5,7-9H2. The Balaban J connectivity index is 2.22. The van der Waals surface area contributed by atoms with Crippen LogP contribution in [0.25, 0.3) is 0 Å². The van der Waals surface area contributed by atoms with Crippen molar-refractivity contribution in [2.45, 2.75) is 25.7 Å². The first kappa shape index (κ1) is 6.73. The van der Waals surface area contributed by atoms with Gasteiger partial charge in [-0.2, -0.15) is 0 Å². The van der Waals surface area contributed by atoms with E-state index in [4.69, 9.17) is 6.42 Å². The molecule has 0 N–H and O–H groups in total. The molecule has 11 heavy (non-hydrogen) atoms. The summed E-state index contributed by atoms with van der Waals surface area (Å²) in [4.78, 5) is 0. The Bertz CT molecular complexity index is 256. The highest BCUT2D eigenvalue weighted by Gasteiger charge is 2.43. The summed E-state index contributed by atoms with van der Waals surface area (Å²) in [5.41, 5.74) is 1.69. The number of terminal acetylenes is 1. The molecule has 0 heterocycles. The summed E-state index contributed by atoms with van der Waals surface area (Å²) in [7, 11) is 0. The van der Waals surface area contributed by atoms with Crippen molar-refractivity contribution >= 4 is 0 Å². The maximum Gasteiger partial charge on any atom is 0.0524 e. The van der Waals surface area contributed by atoms with Crippen molar-refractivity contribution in [1.82, 2.24) is 0 Å². The SMILES string of the molecule is C#CC1(C2=CC=CCC2)CC1. The van der Waals surface area contributed by atoms with Gasteiger partial charge in [-0.25, -0.2) is 0 Å². The Morgan fingerprint density at radius 3 is 2.73 bits per heavy atom. The Labute approximate surface area is 68.0 Å². The smallest absolute Gasteiger partial charge is 0.0524 e. The van der Waals surface area contributed by atoms with Crippen molar-refractivity contribution in [1.29, 1.82) is 0 Å². The van der Waals surface area contributed by atoms with Crippen LogP contribution in [0.1, 0.15) is 25.7 Å². The third-order valence-electron chi connectivity index (χ3n) is 2.65. The van der Waals surface area contributed by atoms with E-state index in [-0.39, 0.29) is 5.41 Å². The molecule has 0 spiro atoms. The van der Waals surface area contributed by atoms with Crippen molar-refractivity contribution in [3.05, 3.63) is 23.8 Å². The summed E-state index contributed by atoms with van der Waals surface area (Å²) in [5, 5.41) is 0. The van der Waals surface area contributed by atoms with Gasteiger partial charge in [-0.05, 0) is 25.7 Å². The molecule has 2 aliphatic carbocycles. The fourth-order valence-corrected chi connectivity index (χ4v) is 1.68. The molecule has 0 aromatic heterocycles. The third-order valence-corrected chi connectivity index (χ3v) is 2.65. The topological polar surface area (TPSA) is 0 Å². The lowest BCUT2D eigenvalue weighted by atomic mass is 9.90. The zero-order chi connectivity index (χ0) is 7.73. The number of hydrogen-bond acceptors (Lipinski definition) is 0. The average molecular weight is 144 g/mol. The first-order valence-corrected chi connectivity index (χ1v) is 4.21. The molecule has 0 amide bonds. The maximum atomic E-state index is 5.48. The quantitative estimate of drug-likeness (QED) is 0.496. The summed E-state index contributed by atoms with van der Waals surface area (Å²) in [5.74, 6) is 2.92. The van der Waals surface area contributed by atoms with Crippen molar-refractivity contribution in [3.63, 3.8) is 0 Å². The van der Waals surface area contributed by atoms with E-state index in [0.29, 0.717) is 0 Å². The molecule has 0 nitrogen and oxygen atoms in total. The van der Waals surface area contributed by atoms with E-state index in [2.05, 4.69) is 24.1 Å². The Morgan fingerprint density at radius 1 is 1.45 bits per heavy atom. The predicted molar refractivity (Wildman–Crippen MR) is 47.0 cm³/mol. The molecule has 0 heteroatoms. The molecule has 0 radical (unpaired) electrons. The molecule has 1 fully saturated rings. The second-order valence-electron chi connectivity index (χ2n) is 3.39. The van der Waals surface area contributed by atoms with Crippen LogP contribution in [-0.2, 0) is 0 Å². The van der Waals surface area contributed by atoms with Crippen molar-refractivity contribution in [2.24, 2.45) is 5.41 Å². The molecule has 2 rings (SSSR count). The molecule has 56 valence electrons. The maximum absolute atomic E-state index is 5.48. The largest absolute Gasteiger partial charge is 0.119 e. The molecular weight excluding hydrogens is 132 g/mol. The lowest BCUT2D eigenvalue weighted by Gasteiger charge is -2.14. The Morgan fingerprint density at radius 2 is 2.27 bits per heavy atom. The Hall–Kier alpha value is -0.960. The van der Waals surface area contributed by atoms with E-state index in [1.165, 1.54) is 31.3 Å². The zero-order valence-electron chi connectivity index (χ0n) is 6.64. The molecule has 1 saturated carbocycles. The van der Waals surface area contributed by atoms with Crippen LogP contribution in [0.4, 0.5) is 0 Å². The van der Waals surface area contributed by atoms with Gasteiger partial charge in [0.1, 0.15) is 0 Å². The van der Waals surface area contributed by atoms with Crippen LogP contribution in [0.15, 0.2) is 23.8 Å². The van der Waals surface area contributed by atoms with Gasteiger partial charge in [0.05, 0.1) is 5.41 Å². The molecule has 0 bridgehead atoms. The highest BCUT2D eigenvalue weighted by atomic mass is 14.5. The van der Waals surface area contributed by atoms with Gasteiger partial charge < -0.3 is 0 Å². The van der Waals surface area contributed by atoms with Gasteiger partial charge in [-0.15, -0.1) is 6.42 Å². The number of rotatable bonds is 1. The zero-order valence-corrected chi connectivity index (χ0v) is 6.64. The van der Waals surface area contributed by atoms with Crippen LogP contribution in [0.5, 0.6) is 0 Å². The van der Waals surface area contributed by atoms with E-state index in [0.717, 1.165) is 0 Å². The summed E-state index contributed by atoms with van der Waals surface area (Å²) >= 11 is 0. The first-order chi connectivity index (χ1) is 5.37. The van der Waals surface area contributed by atoms with Crippen LogP contribution in [0.3, 0.4) is 0 Å². The third kappa shape index (κ3) is 1.01. The minimum atomic E-state index is 0.199. The first-order valence-electron chi connectivity index (χ1n) is 4.21. The molecule has 0 aliphatic heterocycles. The van der Waals surface area contributed by atoms with E-state index in [1.807, 2.05) is 0 Å². The summed E-state index contributed by atoms with van der Waals surface area (Å²) < 4.78 is 0. The van der Waals surface area contributed by atoms with Crippen LogP contribution in [0.2, 0.25) is 0 Å². The van der Waals surface area contributed by atoms with Gasteiger partial charge in [-0.3, -0.25) is 0 Å². The molecule has 0 unspecified atom stereocenters. The van der Waals surface area contributed by atoms with Crippen LogP contribution in [0, 0.1) is 17.8 Å². The van der Waals surface area contributed by atoms with E-state index in [1.54, 1.807) is 0 Å². The second kappa shape index (κ2) is 2.27. The lowest BCUT2D eigenvalue weighted by molar-refractivity contribution is 0.740. The van der Waals surface area contributed by atoms with Crippen LogP contribution in [-0.4, -0.2) is 0 Å². The summed E-state index contributed by atoms with van der Waals surface area (Å²) in [6, 6.07) is 0. The highest BCUT2D eigenvalue weighted by Crippen LogP contribution is 2.53. The highest BCUT2D eigenvalue weighted by molar-refractivity contribution is 5.37. The molecule has 0 atom stereocenters. The number of allylic oxidation sites excluding steroid dienone is 4. The van der Waals surface area contributed by atoms with Gasteiger partial charge in [0.15, 0.2) is 0 Å². The van der Waals surface area contributed by atoms with Gasteiger partial charge in [0.25, 0.3) is 0 Å².